The number of benzene rings is 1. The van der Waals surface area contributed by atoms with E-state index in [-0.39, 0.29) is 0 Å². The van der Waals surface area contributed by atoms with Crippen LogP contribution >= 0.6 is 11.6 Å². The van der Waals surface area contributed by atoms with Crippen LogP contribution < -0.4 is 5.73 Å². The van der Waals surface area contributed by atoms with Gasteiger partial charge in [-0.25, -0.2) is 0 Å². The van der Waals surface area contributed by atoms with Gasteiger partial charge in [-0.2, -0.15) is 5.10 Å². The van der Waals surface area contributed by atoms with Crippen LogP contribution in [0.1, 0.15) is 0 Å². The topological polar surface area (TPSA) is 70.5 Å². The molecule has 0 bridgehead atoms. The number of anilines is 1. The molecule has 0 atom stereocenters. The number of rotatable bonds is 1. The summed E-state index contributed by atoms with van der Waals surface area (Å²) in [6, 6.07) is 7.69. The molecule has 16 heavy (non-hydrogen) atoms. The van der Waals surface area contributed by atoms with Crippen LogP contribution in [0.5, 0.6) is 0 Å². The first-order chi connectivity index (χ1) is 7.75. The number of aromatic nitrogens is 3. The standard InChI is InChI=1S/C11H9ClN4/c12-7-2-1-3-9-6(7)4-10(15-9)11-8(13)5-14-16-11/h1-5,15H,13H2,(H,14,16). The number of nitrogens with two attached hydrogens (primary N) is 1. The van der Waals surface area contributed by atoms with Crippen molar-refractivity contribution in [3.63, 3.8) is 0 Å². The third kappa shape index (κ3) is 1.27. The van der Waals surface area contributed by atoms with Crippen LogP contribution in [-0.4, -0.2) is 15.2 Å². The quantitative estimate of drug-likeness (QED) is 0.604. The van der Waals surface area contributed by atoms with Gasteiger partial charge >= 0.3 is 0 Å². The van der Waals surface area contributed by atoms with E-state index in [1.165, 1.54) is 0 Å². The second-order valence-electron chi connectivity index (χ2n) is 3.58. The van der Waals surface area contributed by atoms with Crippen LogP contribution in [0.3, 0.4) is 0 Å². The van der Waals surface area contributed by atoms with Gasteiger partial charge in [-0.15, -0.1) is 0 Å². The van der Waals surface area contributed by atoms with Crippen molar-refractivity contribution in [3.8, 4) is 11.4 Å². The summed E-state index contributed by atoms with van der Waals surface area (Å²) in [5.74, 6) is 0. The summed E-state index contributed by atoms with van der Waals surface area (Å²) < 4.78 is 0. The molecule has 0 spiro atoms. The fraction of sp³-hybridized carbons (Fsp3) is 0. The SMILES string of the molecule is Nc1cn[nH]c1-c1cc2c(Cl)cccc2[nH]1. The highest BCUT2D eigenvalue weighted by Crippen LogP contribution is 2.29. The van der Waals surface area contributed by atoms with Gasteiger partial charge in [0.1, 0.15) is 5.69 Å². The molecule has 0 aliphatic carbocycles. The van der Waals surface area contributed by atoms with Crippen molar-refractivity contribution in [2.45, 2.75) is 0 Å². The Morgan fingerprint density at radius 1 is 1.31 bits per heavy atom. The van der Waals surface area contributed by atoms with E-state index < -0.39 is 0 Å². The predicted octanol–water partition coefficient (Wildman–Crippen LogP) is 2.79. The lowest BCUT2D eigenvalue weighted by atomic mass is 10.2. The number of nitrogens with zero attached hydrogens (tertiary/aromatic N) is 1. The molecule has 2 heterocycles. The number of H-pyrrole nitrogens is 2. The first-order valence-electron chi connectivity index (χ1n) is 4.82. The predicted molar refractivity (Wildman–Crippen MR) is 65.3 cm³/mol. The van der Waals surface area contributed by atoms with Crippen molar-refractivity contribution in [1.29, 1.82) is 0 Å². The van der Waals surface area contributed by atoms with Crippen molar-refractivity contribution >= 4 is 28.2 Å². The number of aromatic amines is 2. The smallest absolute Gasteiger partial charge is 0.104 e. The van der Waals surface area contributed by atoms with Gasteiger partial charge in [-0.1, -0.05) is 17.7 Å². The summed E-state index contributed by atoms with van der Waals surface area (Å²) in [6.07, 6.45) is 1.59. The van der Waals surface area contributed by atoms with E-state index in [0.29, 0.717) is 5.69 Å². The Balaban J connectivity index is 2.27. The zero-order valence-corrected chi connectivity index (χ0v) is 9.05. The zero-order chi connectivity index (χ0) is 11.1. The van der Waals surface area contributed by atoms with Gasteiger partial charge in [-0.3, -0.25) is 5.10 Å². The maximum Gasteiger partial charge on any atom is 0.104 e. The minimum absolute atomic E-state index is 0.614. The van der Waals surface area contributed by atoms with Crippen LogP contribution in [0, 0.1) is 0 Å². The first kappa shape index (κ1) is 9.30. The van der Waals surface area contributed by atoms with Gasteiger partial charge in [0.25, 0.3) is 0 Å². The molecule has 4 nitrogen and oxygen atoms in total. The maximum absolute atomic E-state index is 6.09. The Labute approximate surface area is 96.4 Å². The fourth-order valence-electron chi connectivity index (χ4n) is 1.76. The van der Waals surface area contributed by atoms with Gasteiger partial charge in [0.2, 0.25) is 0 Å². The number of halogens is 1. The zero-order valence-electron chi connectivity index (χ0n) is 8.29. The Morgan fingerprint density at radius 2 is 2.19 bits per heavy atom. The highest BCUT2D eigenvalue weighted by atomic mass is 35.5. The summed E-state index contributed by atoms with van der Waals surface area (Å²) in [7, 11) is 0. The number of hydrogen-bond acceptors (Lipinski definition) is 2. The molecule has 3 aromatic rings. The maximum atomic E-state index is 6.09. The lowest BCUT2D eigenvalue weighted by Crippen LogP contribution is -1.85. The van der Waals surface area contributed by atoms with Crippen LogP contribution in [0.15, 0.2) is 30.5 Å². The van der Waals surface area contributed by atoms with Crippen molar-refractivity contribution < 1.29 is 0 Å². The summed E-state index contributed by atoms with van der Waals surface area (Å²) >= 11 is 6.09. The molecule has 0 saturated heterocycles. The van der Waals surface area contributed by atoms with E-state index in [2.05, 4.69) is 15.2 Å². The van der Waals surface area contributed by atoms with Gasteiger partial charge < -0.3 is 10.7 Å². The molecule has 0 radical (unpaired) electrons. The molecule has 3 rings (SSSR count). The minimum Gasteiger partial charge on any atom is -0.396 e. The second-order valence-corrected chi connectivity index (χ2v) is 3.99. The summed E-state index contributed by atoms with van der Waals surface area (Å²) in [5.41, 5.74) is 9.05. The van der Waals surface area contributed by atoms with Crippen LogP contribution in [-0.2, 0) is 0 Å². The van der Waals surface area contributed by atoms with Gasteiger partial charge in [0, 0.05) is 15.9 Å². The van der Waals surface area contributed by atoms with E-state index in [4.69, 9.17) is 17.3 Å². The molecule has 0 unspecified atom stereocenters. The van der Waals surface area contributed by atoms with Crippen LogP contribution in [0.4, 0.5) is 5.69 Å². The number of fused-ring (bicyclic) bond motifs is 1. The largest absolute Gasteiger partial charge is 0.396 e. The monoisotopic (exact) mass is 232 g/mol. The Bertz CT molecular complexity index is 653. The molecule has 2 aromatic heterocycles. The number of hydrogen-bond donors (Lipinski definition) is 3. The van der Waals surface area contributed by atoms with Gasteiger partial charge in [0.15, 0.2) is 0 Å². The molecular weight excluding hydrogens is 224 g/mol. The number of nitrogens with one attached hydrogen (secondary N) is 2. The lowest BCUT2D eigenvalue weighted by Gasteiger charge is -1.92. The van der Waals surface area contributed by atoms with Gasteiger partial charge in [-0.05, 0) is 18.2 Å². The van der Waals surface area contributed by atoms with E-state index in [1.807, 2.05) is 24.3 Å². The highest BCUT2D eigenvalue weighted by Gasteiger charge is 2.09. The van der Waals surface area contributed by atoms with E-state index in [9.17, 15) is 0 Å². The normalized spacial score (nSPS) is 11.1. The van der Waals surface area contributed by atoms with Gasteiger partial charge in [0.05, 0.1) is 17.6 Å². The van der Waals surface area contributed by atoms with Crippen molar-refractivity contribution in [2.24, 2.45) is 0 Å². The molecule has 0 saturated carbocycles. The fourth-order valence-corrected chi connectivity index (χ4v) is 1.99. The summed E-state index contributed by atoms with van der Waals surface area (Å²) in [4.78, 5) is 3.24. The summed E-state index contributed by atoms with van der Waals surface area (Å²) in [6.45, 7) is 0. The third-order valence-corrected chi connectivity index (χ3v) is 2.88. The molecular formula is C11H9ClN4. The molecule has 0 aliphatic rings. The Kier molecular flexibility index (Phi) is 1.91. The highest BCUT2D eigenvalue weighted by molar-refractivity contribution is 6.35. The lowest BCUT2D eigenvalue weighted by molar-refractivity contribution is 1.09. The van der Waals surface area contributed by atoms with E-state index in [0.717, 1.165) is 27.3 Å². The molecule has 80 valence electrons. The molecule has 0 fully saturated rings. The number of nitrogen functional groups attached to an aromatic ring is 1. The first-order valence-corrected chi connectivity index (χ1v) is 5.20. The second kappa shape index (κ2) is 3.28. The molecule has 5 heteroatoms. The Hall–Kier alpha value is -1.94. The molecule has 0 aliphatic heterocycles. The summed E-state index contributed by atoms with van der Waals surface area (Å²) in [5, 5.41) is 8.44. The average Bonchev–Trinajstić information content (AvgIpc) is 2.84. The van der Waals surface area contributed by atoms with Crippen molar-refractivity contribution in [3.05, 3.63) is 35.5 Å². The van der Waals surface area contributed by atoms with Crippen molar-refractivity contribution in [1.82, 2.24) is 15.2 Å². The molecule has 4 N–H and O–H groups in total. The Morgan fingerprint density at radius 3 is 2.88 bits per heavy atom. The van der Waals surface area contributed by atoms with Crippen molar-refractivity contribution in [2.75, 3.05) is 5.73 Å². The van der Waals surface area contributed by atoms with E-state index >= 15 is 0 Å². The minimum atomic E-state index is 0.614. The molecule has 0 amide bonds. The molecule has 1 aromatic carbocycles. The third-order valence-electron chi connectivity index (χ3n) is 2.55. The van der Waals surface area contributed by atoms with Crippen LogP contribution in [0.2, 0.25) is 5.02 Å². The van der Waals surface area contributed by atoms with Crippen LogP contribution in [0.25, 0.3) is 22.3 Å². The average molecular weight is 233 g/mol. The van der Waals surface area contributed by atoms with E-state index in [1.54, 1.807) is 6.20 Å².